The number of hydrogen-bond donors (Lipinski definition) is 1. The summed E-state index contributed by atoms with van der Waals surface area (Å²) in [6.07, 6.45) is -0.318. The van der Waals surface area contributed by atoms with Gasteiger partial charge in [0.05, 0.1) is 0 Å². The van der Waals surface area contributed by atoms with Crippen molar-refractivity contribution in [2.24, 2.45) is 7.05 Å². The molecule has 128 valence electrons. The quantitative estimate of drug-likeness (QED) is 0.647. The van der Waals surface area contributed by atoms with E-state index < -0.39 is 11.0 Å². The van der Waals surface area contributed by atoms with Crippen molar-refractivity contribution in [3.63, 3.8) is 0 Å². The van der Waals surface area contributed by atoms with Gasteiger partial charge in [-0.05, 0) is 32.4 Å². The van der Waals surface area contributed by atoms with Crippen LogP contribution in [0.15, 0.2) is 0 Å². The molecule has 0 saturated carbocycles. The van der Waals surface area contributed by atoms with Crippen LogP contribution in [-0.2, 0) is 11.8 Å². The van der Waals surface area contributed by atoms with Gasteiger partial charge >= 0.3 is 11.5 Å². The first-order valence-corrected chi connectivity index (χ1v) is 7.64. The molecular formula is C13H21ClN6O3. The Bertz CT molecular complexity index is 589. The van der Waals surface area contributed by atoms with Gasteiger partial charge in [-0.25, -0.2) is 9.48 Å². The summed E-state index contributed by atoms with van der Waals surface area (Å²) in [5.41, 5.74) is -0.509. The van der Waals surface area contributed by atoms with Crippen molar-refractivity contribution >= 4 is 35.0 Å². The van der Waals surface area contributed by atoms with Crippen molar-refractivity contribution in [3.05, 3.63) is 0 Å². The molecule has 2 heterocycles. The van der Waals surface area contributed by atoms with Crippen LogP contribution in [0.1, 0.15) is 20.8 Å². The summed E-state index contributed by atoms with van der Waals surface area (Å²) in [5, 5.41) is 5.91. The monoisotopic (exact) mass is 344 g/mol. The van der Waals surface area contributed by atoms with E-state index in [1.165, 1.54) is 4.68 Å². The lowest BCUT2D eigenvalue weighted by molar-refractivity contribution is 0.0240. The molecule has 0 unspecified atom stereocenters. The van der Waals surface area contributed by atoms with Crippen LogP contribution in [0.5, 0.6) is 0 Å². The van der Waals surface area contributed by atoms with E-state index in [4.69, 9.17) is 16.3 Å². The highest BCUT2D eigenvalue weighted by Gasteiger charge is 2.27. The van der Waals surface area contributed by atoms with Gasteiger partial charge in [0.1, 0.15) is 5.60 Å². The summed E-state index contributed by atoms with van der Waals surface area (Å²) < 4.78 is 6.80. The molecule has 0 spiro atoms. The number of aryl methyl sites for hydroxylation is 1. The summed E-state index contributed by atoms with van der Waals surface area (Å²) in [5.74, 6) is 0.756. The molecule has 10 heteroatoms. The van der Waals surface area contributed by atoms with Crippen molar-refractivity contribution in [1.82, 2.24) is 19.7 Å². The van der Waals surface area contributed by atoms with Crippen LogP contribution in [0.4, 0.5) is 21.5 Å². The summed E-state index contributed by atoms with van der Waals surface area (Å²) in [6, 6.07) is 0. The standard InChI is InChI=1S/C13H21ClN6O3/c1-13(2,3)23-12(22)20-7-5-19(6-8-20)11-16-10(15-9(14)21)18(4)17-11/h5-8H2,1-4H3,(H,15,16,17,21). The number of hydrogen-bond acceptors (Lipinski definition) is 6. The number of piperazine rings is 1. The number of rotatable bonds is 2. The fourth-order valence-corrected chi connectivity index (χ4v) is 2.20. The number of amides is 2. The topological polar surface area (TPSA) is 92.6 Å². The van der Waals surface area contributed by atoms with Crippen LogP contribution >= 0.6 is 11.6 Å². The second kappa shape index (κ2) is 6.61. The first-order chi connectivity index (χ1) is 10.7. The maximum atomic E-state index is 12.0. The number of nitrogens with one attached hydrogen (secondary N) is 1. The summed E-state index contributed by atoms with van der Waals surface area (Å²) in [6.45, 7) is 7.72. The van der Waals surface area contributed by atoms with Crippen LogP contribution in [0, 0.1) is 0 Å². The zero-order chi connectivity index (χ0) is 17.2. The van der Waals surface area contributed by atoms with Gasteiger partial charge in [0.2, 0.25) is 11.9 Å². The van der Waals surface area contributed by atoms with Crippen LogP contribution in [0.3, 0.4) is 0 Å². The highest BCUT2D eigenvalue weighted by molar-refractivity contribution is 6.65. The van der Waals surface area contributed by atoms with E-state index in [2.05, 4.69) is 15.4 Å². The van der Waals surface area contributed by atoms with Crippen LogP contribution < -0.4 is 10.2 Å². The Morgan fingerprint density at radius 2 is 1.83 bits per heavy atom. The maximum Gasteiger partial charge on any atom is 0.410 e. The lowest BCUT2D eigenvalue weighted by Crippen LogP contribution is -2.50. The van der Waals surface area contributed by atoms with Gasteiger partial charge in [0.15, 0.2) is 0 Å². The molecular weight excluding hydrogens is 324 g/mol. The van der Waals surface area contributed by atoms with Crippen molar-refractivity contribution in [2.45, 2.75) is 26.4 Å². The molecule has 0 radical (unpaired) electrons. The average molecular weight is 345 g/mol. The first-order valence-electron chi connectivity index (χ1n) is 7.26. The third kappa shape index (κ3) is 4.72. The predicted molar refractivity (Wildman–Crippen MR) is 85.9 cm³/mol. The lowest BCUT2D eigenvalue weighted by Gasteiger charge is -2.35. The normalized spacial score (nSPS) is 15.5. The molecule has 23 heavy (non-hydrogen) atoms. The average Bonchev–Trinajstić information content (AvgIpc) is 2.78. The van der Waals surface area contributed by atoms with E-state index in [1.54, 1.807) is 11.9 Å². The van der Waals surface area contributed by atoms with Crippen LogP contribution in [0.2, 0.25) is 0 Å². The number of nitrogens with zero attached hydrogens (tertiary/aromatic N) is 5. The molecule has 2 amide bonds. The van der Waals surface area contributed by atoms with E-state index in [0.29, 0.717) is 32.1 Å². The number of carbonyl (C=O) groups excluding carboxylic acids is 2. The molecule has 1 aliphatic heterocycles. The Kier molecular flexibility index (Phi) is 4.98. The van der Waals surface area contributed by atoms with Gasteiger partial charge in [0, 0.05) is 33.2 Å². The zero-order valence-electron chi connectivity index (χ0n) is 13.7. The van der Waals surface area contributed by atoms with Crippen molar-refractivity contribution in [3.8, 4) is 0 Å². The number of anilines is 2. The smallest absolute Gasteiger partial charge is 0.410 e. The van der Waals surface area contributed by atoms with E-state index in [0.717, 1.165) is 0 Å². The zero-order valence-corrected chi connectivity index (χ0v) is 14.4. The molecule has 0 atom stereocenters. The number of carbonyl (C=O) groups is 2. The molecule has 1 N–H and O–H groups in total. The summed E-state index contributed by atoms with van der Waals surface area (Å²) in [4.78, 5) is 30.7. The Balaban J connectivity index is 1.94. The summed E-state index contributed by atoms with van der Waals surface area (Å²) >= 11 is 5.28. The van der Waals surface area contributed by atoms with Crippen molar-refractivity contribution in [2.75, 3.05) is 36.4 Å². The third-order valence-corrected chi connectivity index (χ3v) is 3.27. The summed E-state index contributed by atoms with van der Waals surface area (Å²) in [7, 11) is 1.66. The van der Waals surface area contributed by atoms with Gasteiger partial charge in [-0.3, -0.25) is 10.1 Å². The minimum Gasteiger partial charge on any atom is -0.444 e. The Labute approximate surface area is 139 Å². The highest BCUT2D eigenvalue weighted by Crippen LogP contribution is 2.17. The highest BCUT2D eigenvalue weighted by atomic mass is 35.5. The van der Waals surface area contributed by atoms with E-state index >= 15 is 0 Å². The minimum atomic E-state index is -0.721. The van der Waals surface area contributed by atoms with Crippen LogP contribution in [0.25, 0.3) is 0 Å². The molecule has 0 aromatic carbocycles. The Morgan fingerprint density at radius 3 is 2.35 bits per heavy atom. The van der Waals surface area contributed by atoms with Gasteiger partial charge in [-0.1, -0.05) is 0 Å². The molecule has 0 aliphatic carbocycles. The second-order valence-corrected chi connectivity index (χ2v) is 6.56. The second-order valence-electron chi connectivity index (χ2n) is 6.21. The van der Waals surface area contributed by atoms with Crippen molar-refractivity contribution in [1.29, 1.82) is 0 Å². The fourth-order valence-electron chi connectivity index (χ4n) is 2.12. The fraction of sp³-hybridized carbons (Fsp3) is 0.692. The van der Waals surface area contributed by atoms with Crippen molar-refractivity contribution < 1.29 is 14.3 Å². The molecule has 9 nitrogen and oxygen atoms in total. The lowest BCUT2D eigenvalue weighted by atomic mass is 10.2. The van der Waals surface area contributed by atoms with Gasteiger partial charge in [0.25, 0.3) is 0 Å². The molecule has 2 rings (SSSR count). The first kappa shape index (κ1) is 17.3. The molecule has 0 bridgehead atoms. The Hall–Kier alpha value is -2.03. The maximum absolute atomic E-state index is 12.0. The van der Waals surface area contributed by atoms with E-state index in [1.807, 2.05) is 25.7 Å². The number of ether oxygens (including phenoxy) is 1. The molecule has 1 fully saturated rings. The van der Waals surface area contributed by atoms with E-state index in [9.17, 15) is 9.59 Å². The van der Waals surface area contributed by atoms with E-state index in [-0.39, 0.29) is 12.0 Å². The molecule has 1 saturated heterocycles. The third-order valence-electron chi connectivity index (χ3n) is 3.18. The van der Waals surface area contributed by atoms with Gasteiger partial charge in [-0.2, -0.15) is 4.98 Å². The molecule has 1 aromatic rings. The van der Waals surface area contributed by atoms with Gasteiger partial charge in [-0.15, -0.1) is 5.10 Å². The van der Waals surface area contributed by atoms with Crippen LogP contribution in [-0.4, -0.2) is 62.9 Å². The minimum absolute atomic E-state index is 0.273. The predicted octanol–water partition coefficient (Wildman–Crippen LogP) is 1.64. The Morgan fingerprint density at radius 1 is 1.22 bits per heavy atom. The van der Waals surface area contributed by atoms with Gasteiger partial charge < -0.3 is 14.5 Å². The SMILES string of the molecule is Cn1nc(N2CCN(C(=O)OC(C)(C)C)CC2)nc1NC(=O)Cl. The number of aromatic nitrogens is 3. The molecule has 1 aliphatic rings. The largest absolute Gasteiger partial charge is 0.444 e. The number of halogens is 1. The molecule has 1 aromatic heterocycles.